The van der Waals surface area contributed by atoms with E-state index >= 15 is 0 Å². The fourth-order valence-electron chi connectivity index (χ4n) is 2.99. The van der Waals surface area contributed by atoms with E-state index in [2.05, 4.69) is 15.0 Å². The molecule has 25 heavy (non-hydrogen) atoms. The van der Waals surface area contributed by atoms with Crippen LogP contribution in [0.25, 0.3) is 0 Å². The zero-order valence-corrected chi connectivity index (χ0v) is 14.2. The van der Waals surface area contributed by atoms with Gasteiger partial charge in [0.15, 0.2) is 0 Å². The van der Waals surface area contributed by atoms with Gasteiger partial charge in [-0.2, -0.15) is 0 Å². The average molecular weight is 345 g/mol. The summed E-state index contributed by atoms with van der Waals surface area (Å²) in [6.07, 6.45) is 0. The van der Waals surface area contributed by atoms with Crippen LogP contribution in [0.2, 0.25) is 0 Å². The Bertz CT molecular complexity index is 726. The number of para-hydroxylation sites is 1. The van der Waals surface area contributed by atoms with Gasteiger partial charge in [-0.05, 0) is 24.3 Å². The summed E-state index contributed by atoms with van der Waals surface area (Å²) in [4.78, 5) is 9.23. The van der Waals surface area contributed by atoms with Crippen molar-refractivity contribution in [2.24, 2.45) is 5.16 Å². The predicted octanol–water partition coefficient (Wildman–Crippen LogP) is 3.14. The van der Waals surface area contributed by atoms with Gasteiger partial charge < -0.3 is 9.74 Å². The van der Waals surface area contributed by atoms with Gasteiger partial charge in [0.25, 0.3) is 0 Å². The molecule has 2 aromatic carbocycles. The first kappa shape index (κ1) is 17.4. The van der Waals surface area contributed by atoms with Crippen LogP contribution in [0.5, 0.6) is 0 Å². The zero-order chi connectivity index (χ0) is 17.6. The lowest BCUT2D eigenvalue weighted by Crippen LogP contribution is -2.48. The van der Waals surface area contributed by atoms with E-state index in [0.717, 1.165) is 37.5 Å². The highest BCUT2D eigenvalue weighted by Gasteiger charge is 2.21. The van der Waals surface area contributed by atoms with Crippen LogP contribution in [-0.4, -0.2) is 50.4 Å². The van der Waals surface area contributed by atoms with Crippen LogP contribution in [0.15, 0.2) is 53.7 Å². The number of hydrogen-bond donors (Lipinski definition) is 0. The molecule has 0 bridgehead atoms. The molecule has 0 aromatic heterocycles. The molecule has 0 unspecified atom stereocenters. The number of hydrogen-bond acceptors (Lipinski definition) is 4. The van der Waals surface area contributed by atoms with Crippen molar-refractivity contribution in [2.45, 2.75) is 0 Å². The van der Waals surface area contributed by atoms with E-state index in [-0.39, 0.29) is 11.6 Å². The normalized spacial score (nSPS) is 16.1. The molecule has 1 fully saturated rings. The lowest BCUT2D eigenvalue weighted by molar-refractivity contribution is 0.209. The maximum Gasteiger partial charge on any atom is 0.146 e. The van der Waals surface area contributed by atoms with Crippen molar-refractivity contribution >= 4 is 11.4 Å². The summed E-state index contributed by atoms with van der Waals surface area (Å²) >= 11 is 0. The van der Waals surface area contributed by atoms with Gasteiger partial charge in [-0.15, -0.1) is 0 Å². The molecule has 0 radical (unpaired) electrons. The largest absolute Gasteiger partial charge is 0.399 e. The van der Waals surface area contributed by atoms with Crippen LogP contribution in [-0.2, 0) is 4.84 Å². The minimum atomic E-state index is -0.279. The number of anilines is 1. The molecule has 4 nitrogen and oxygen atoms in total. The third-order valence-corrected chi connectivity index (χ3v) is 4.32. The van der Waals surface area contributed by atoms with Crippen molar-refractivity contribution in [1.82, 2.24) is 4.90 Å². The highest BCUT2D eigenvalue weighted by molar-refractivity contribution is 6.01. The smallest absolute Gasteiger partial charge is 0.146 e. The summed E-state index contributed by atoms with van der Waals surface area (Å²) in [5.74, 6) is -0.470. The maximum absolute atomic E-state index is 13.9. The minimum Gasteiger partial charge on any atom is -0.399 e. The Labute approximate surface area is 146 Å². The summed E-state index contributed by atoms with van der Waals surface area (Å²) in [6, 6.07) is 13.1. The van der Waals surface area contributed by atoms with Crippen molar-refractivity contribution in [3.05, 3.63) is 65.7 Å². The van der Waals surface area contributed by atoms with Gasteiger partial charge in [-0.3, -0.25) is 4.90 Å². The molecule has 0 atom stereocenters. The molecule has 0 amide bonds. The summed E-state index contributed by atoms with van der Waals surface area (Å²) in [5.41, 5.74) is 2.23. The van der Waals surface area contributed by atoms with Crippen molar-refractivity contribution < 1.29 is 13.6 Å². The fraction of sp³-hybridized carbons (Fsp3) is 0.316. The summed E-state index contributed by atoms with van der Waals surface area (Å²) in [5, 5.41) is 4.09. The molecule has 1 saturated heterocycles. The van der Waals surface area contributed by atoms with E-state index in [4.69, 9.17) is 4.84 Å². The van der Waals surface area contributed by atoms with Gasteiger partial charge in [0, 0.05) is 38.3 Å². The second-order valence-electron chi connectivity index (χ2n) is 5.94. The first-order chi connectivity index (χ1) is 12.2. The third-order valence-electron chi connectivity index (χ3n) is 4.32. The van der Waals surface area contributed by atoms with E-state index in [1.165, 1.54) is 25.3 Å². The molecule has 3 rings (SSSR count). The predicted molar refractivity (Wildman–Crippen MR) is 95.0 cm³/mol. The van der Waals surface area contributed by atoms with E-state index < -0.39 is 0 Å². The number of oxime groups is 1. The first-order valence-electron chi connectivity index (χ1n) is 8.25. The fourth-order valence-corrected chi connectivity index (χ4v) is 2.99. The summed E-state index contributed by atoms with van der Waals surface area (Å²) < 4.78 is 27.0. The van der Waals surface area contributed by atoms with Crippen molar-refractivity contribution in [3.8, 4) is 0 Å². The van der Waals surface area contributed by atoms with Crippen LogP contribution in [0.1, 0.15) is 5.56 Å². The van der Waals surface area contributed by atoms with Gasteiger partial charge >= 0.3 is 0 Å². The Morgan fingerprint density at radius 3 is 2.32 bits per heavy atom. The quantitative estimate of drug-likeness (QED) is 0.616. The number of nitrogens with zero attached hydrogens (tertiary/aromatic N) is 3. The van der Waals surface area contributed by atoms with Crippen LogP contribution in [0.3, 0.4) is 0 Å². The highest BCUT2D eigenvalue weighted by Crippen LogP contribution is 2.20. The highest BCUT2D eigenvalue weighted by atomic mass is 19.1. The standard InChI is InChI=1S/C19H21F2N3O/c1-25-22-18(15-6-8-16(20)9-7-15)14-23-10-12-24(13-11-23)19-5-3-2-4-17(19)21/h2-9H,10-14H2,1H3/b22-18-. The molecule has 1 aliphatic heterocycles. The Balaban J connectivity index is 1.63. The molecule has 2 aromatic rings. The topological polar surface area (TPSA) is 28.1 Å². The second kappa shape index (κ2) is 8.07. The lowest BCUT2D eigenvalue weighted by Gasteiger charge is -2.36. The molecule has 6 heteroatoms. The molecule has 0 N–H and O–H groups in total. The number of benzene rings is 2. The van der Waals surface area contributed by atoms with E-state index in [0.29, 0.717) is 12.2 Å². The van der Waals surface area contributed by atoms with Gasteiger partial charge in [0.2, 0.25) is 0 Å². The van der Waals surface area contributed by atoms with E-state index in [9.17, 15) is 8.78 Å². The van der Waals surface area contributed by atoms with Crippen LogP contribution in [0.4, 0.5) is 14.5 Å². The molecular weight excluding hydrogens is 324 g/mol. The lowest BCUT2D eigenvalue weighted by atomic mass is 10.1. The Kier molecular flexibility index (Phi) is 5.60. The number of piperazine rings is 1. The van der Waals surface area contributed by atoms with E-state index in [1.54, 1.807) is 24.3 Å². The summed E-state index contributed by atoms with van der Waals surface area (Å²) in [7, 11) is 1.50. The Morgan fingerprint density at radius 1 is 1.00 bits per heavy atom. The Morgan fingerprint density at radius 2 is 1.68 bits per heavy atom. The number of halogens is 2. The van der Waals surface area contributed by atoms with Crippen LogP contribution >= 0.6 is 0 Å². The zero-order valence-electron chi connectivity index (χ0n) is 14.2. The Hall–Kier alpha value is -2.47. The molecule has 0 aliphatic carbocycles. The molecule has 1 aliphatic rings. The van der Waals surface area contributed by atoms with Gasteiger partial charge in [-0.25, -0.2) is 8.78 Å². The number of rotatable bonds is 5. The second-order valence-corrected chi connectivity index (χ2v) is 5.94. The van der Waals surface area contributed by atoms with Crippen molar-refractivity contribution in [1.29, 1.82) is 0 Å². The summed E-state index contributed by atoms with van der Waals surface area (Å²) in [6.45, 7) is 3.66. The van der Waals surface area contributed by atoms with E-state index in [1.807, 2.05) is 6.07 Å². The molecule has 1 heterocycles. The average Bonchev–Trinajstić information content (AvgIpc) is 2.63. The van der Waals surface area contributed by atoms with Crippen LogP contribution < -0.4 is 4.90 Å². The molecular formula is C19H21F2N3O. The maximum atomic E-state index is 13.9. The monoisotopic (exact) mass is 345 g/mol. The first-order valence-corrected chi connectivity index (χ1v) is 8.25. The molecule has 0 saturated carbocycles. The van der Waals surface area contributed by atoms with Crippen molar-refractivity contribution in [2.75, 3.05) is 44.7 Å². The SMILES string of the molecule is CO/N=C(/CN1CCN(c2ccccc2F)CC1)c1ccc(F)cc1. The third kappa shape index (κ3) is 4.33. The minimum absolute atomic E-state index is 0.191. The van der Waals surface area contributed by atoms with Gasteiger partial charge in [-0.1, -0.05) is 29.4 Å². The van der Waals surface area contributed by atoms with Crippen LogP contribution in [0, 0.1) is 11.6 Å². The van der Waals surface area contributed by atoms with Gasteiger partial charge in [0.05, 0.1) is 5.69 Å². The van der Waals surface area contributed by atoms with Crippen molar-refractivity contribution in [3.63, 3.8) is 0 Å². The molecule has 0 spiro atoms. The van der Waals surface area contributed by atoms with Gasteiger partial charge in [0.1, 0.15) is 24.5 Å². The molecule has 132 valence electrons.